The zero-order valence-corrected chi connectivity index (χ0v) is 33.7. The van der Waals surface area contributed by atoms with E-state index in [2.05, 4.69) is 26.6 Å². The topological polar surface area (TPSA) is 266 Å². The third kappa shape index (κ3) is 8.66. The maximum absolute atomic E-state index is 13.5. The fourth-order valence-electron chi connectivity index (χ4n) is 9.33. The Hall–Kier alpha value is -7.61. The first-order valence-corrected chi connectivity index (χ1v) is 19.9. The molecule has 8 rings (SSSR count). The number of carbonyl (C=O) groups is 6. The van der Waals surface area contributed by atoms with E-state index in [1.54, 1.807) is 24.3 Å². The van der Waals surface area contributed by atoms with Crippen LogP contribution in [0.2, 0.25) is 0 Å². The van der Waals surface area contributed by atoms with Crippen LogP contribution in [-0.2, 0) is 9.59 Å². The average Bonchev–Trinajstić information content (AvgIpc) is 3.23. The summed E-state index contributed by atoms with van der Waals surface area (Å²) in [6.07, 6.45) is 6.14. The highest BCUT2D eigenvalue weighted by Crippen LogP contribution is 2.60. The van der Waals surface area contributed by atoms with Crippen molar-refractivity contribution in [3.05, 3.63) is 95.1 Å². The molecule has 0 heterocycles. The third-order valence-electron chi connectivity index (χ3n) is 11.9. The SMILES string of the molecule is COc1c(NC(=O)c2ccc(NC(=O)c3ccc(NC(=O)[C@H](CC#N)NC(=O)c4ccc(NC(=O)C56CC7CC(CC(C7)C5)C6)cc4)cc3)c(OC)c2O)ccc(C(=O)O)c1O. The van der Waals surface area contributed by atoms with Gasteiger partial charge in [0.25, 0.3) is 17.7 Å². The van der Waals surface area contributed by atoms with Crippen LogP contribution in [0.1, 0.15) is 86.4 Å². The van der Waals surface area contributed by atoms with Crippen LogP contribution < -0.4 is 36.1 Å². The van der Waals surface area contributed by atoms with Crippen LogP contribution in [0.3, 0.4) is 0 Å². The predicted molar refractivity (Wildman–Crippen MR) is 224 cm³/mol. The van der Waals surface area contributed by atoms with Crippen molar-refractivity contribution >= 4 is 58.3 Å². The van der Waals surface area contributed by atoms with Crippen molar-refractivity contribution < 1.29 is 53.6 Å². The summed E-state index contributed by atoms with van der Waals surface area (Å²) in [6.45, 7) is 0. The van der Waals surface area contributed by atoms with Gasteiger partial charge in [-0.1, -0.05) is 0 Å². The fraction of sp³-hybridized carbons (Fsp3) is 0.311. The second kappa shape index (κ2) is 17.5. The molecule has 8 N–H and O–H groups in total. The summed E-state index contributed by atoms with van der Waals surface area (Å²) in [4.78, 5) is 77.6. The molecule has 5 amide bonds. The van der Waals surface area contributed by atoms with E-state index in [9.17, 15) is 49.3 Å². The number of carboxylic acid groups (broad SMARTS) is 1. The number of hydrogen-bond acceptors (Lipinski definition) is 11. The second-order valence-corrected chi connectivity index (χ2v) is 16.0. The number of rotatable bonds is 14. The van der Waals surface area contributed by atoms with Gasteiger partial charge in [-0.3, -0.25) is 24.0 Å². The predicted octanol–water partition coefficient (Wildman–Crippen LogP) is 6.12. The number of amides is 5. The number of hydrogen-bond donors (Lipinski definition) is 8. The van der Waals surface area contributed by atoms with E-state index in [0.29, 0.717) is 23.4 Å². The summed E-state index contributed by atoms with van der Waals surface area (Å²) >= 11 is 0. The molecule has 0 unspecified atom stereocenters. The van der Waals surface area contributed by atoms with Crippen LogP contribution in [0.5, 0.6) is 23.0 Å². The molecule has 0 aliphatic heterocycles. The van der Waals surface area contributed by atoms with Crippen LogP contribution in [0, 0.1) is 34.5 Å². The van der Waals surface area contributed by atoms with Gasteiger partial charge in [0, 0.05) is 22.5 Å². The number of ether oxygens (including phenoxy) is 2. The molecular weight excluding hydrogens is 801 g/mol. The average molecular weight is 845 g/mol. The lowest BCUT2D eigenvalue weighted by Crippen LogP contribution is -2.51. The molecule has 1 atom stereocenters. The number of benzene rings is 4. The molecule has 320 valence electrons. The largest absolute Gasteiger partial charge is 0.504 e. The summed E-state index contributed by atoms with van der Waals surface area (Å²) in [5.74, 6) is -4.22. The number of carboxylic acids is 1. The van der Waals surface area contributed by atoms with Gasteiger partial charge in [0.05, 0.1) is 49.1 Å². The summed E-state index contributed by atoms with van der Waals surface area (Å²) in [5, 5.41) is 53.3. The molecule has 0 radical (unpaired) electrons. The van der Waals surface area contributed by atoms with E-state index in [1.807, 2.05) is 6.07 Å². The molecule has 4 aliphatic rings. The number of methoxy groups -OCH3 is 2. The lowest BCUT2D eigenvalue weighted by atomic mass is 9.49. The van der Waals surface area contributed by atoms with Crippen molar-refractivity contribution in [1.29, 1.82) is 5.26 Å². The van der Waals surface area contributed by atoms with Crippen molar-refractivity contribution in [2.75, 3.05) is 35.5 Å². The van der Waals surface area contributed by atoms with Gasteiger partial charge in [0.2, 0.25) is 11.8 Å². The van der Waals surface area contributed by atoms with E-state index in [-0.39, 0.29) is 63.0 Å². The Morgan fingerprint density at radius 2 is 1.13 bits per heavy atom. The van der Waals surface area contributed by atoms with Crippen LogP contribution in [-0.4, -0.2) is 71.1 Å². The monoisotopic (exact) mass is 844 g/mol. The summed E-state index contributed by atoms with van der Waals surface area (Å²) in [6, 6.07) is 17.5. The Morgan fingerprint density at radius 1 is 0.661 bits per heavy atom. The van der Waals surface area contributed by atoms with E-state index in [1.165, 1.54) is 75.9 Å². The van der Waals surface area contributed by atoms with Crippen molar-refractivity contribution in [3.63, 3.8) is 0 Å². The van der Waals surface area contributed by atoms with Gasteiger partial charge in [-0.2, -0.15) is 5.26 Å². The first-order chi connectivity index (χ1) is 29.7. The number of nitriles is 1. The number of phenolic OH excluding ortho intramolecular Hbond substituents is 1. The lowest BCUT2D eigenvalue weighted by molar-refractivity contribution is -0.140. The molecule has 4 aromatic carbocycles. The number of anilines is 4. The standard InChI is InChI=1S/C45H44N6O11/c1-61-37-32(13-11-30(35(37)52)41(56)50-33-14-12-31(43(58)59)36(53)38(33)62-2)49-39(54)26-3-7-28(8-4-26)47-42(57)34(15-16-46)51-40(55)27-5-9-29(10-6-27)48-44(60)45-20-23-17-24(21-45)19-25(18-23)22-45/h3-14,23-25,34,52-53H,15,17-22H2,1-2H3,(H,47,57)(H,48,60)(H,49,54)(H,50,56)(H,51,55)(H,58,59)/t23?,24?,25?,34-,45?/m0/s1. The third-order valence-corrected chi connectivity index (χ3v) is 11.9. The number of aromatic carboxylic acids is 1. The minimum atomic E-state index is -1.42. The van der Waals surface area contributed by atoms with Crippen molar-refractivity contribution in [2.24, 2.45) is 23.2 Å². The molecule has 4 saturated carbocycles. The Morgan fingerprint density at radius 3 is 1.63 bits per heavy atom. The quantitative estimate of drug-likeness (QED) is 0.0713. The summed E-state index contributed by atoms with van der Waals surface area (Å²) < 4.78 is 10.4. The summed E-state index contributed by atoms with van der Waals surface area (Å²) in [5.41, 5.74) is 0.0440. The Labute approximate surface area is 355 Å². The highest BCUT2D eigenvalue weighted by molar-refractivity contribution is 6.10. The number of carbonyl (C=O) groups excluding carboxylic acids is 5. The Balaban J connectivity index is 0.939. The molecule has 4 aromatic rings. The van der Waals surface area contributed by atoms with E-state index in [4.69, 9.17) is 9.47 Å². The maximum Gasteiger partial charge on any atom is 0.339 e. The minimum Gasteiger partial charge on any atom is -0.504 e. The van der Waals surface area contributed by atoms with Gasteiger partial charge >= 0.3 is 5.97 Å². The number of nitrogens with one attached hydrogen (secondary N) is 5. The first-order valence-electron chi connectivity index (χ1n) is 19.9. The van der Waals surface area contributed by atoms with Gasteiger partial charge in [-0.25, -0.2) is 4.79 Å². The highest BCUT2D eigenvalue weighted by atomic mass is 16.5. The van der Waals surface area contributed by atoms with Gasteiger partial charge < -0.3 is 51.4 Å². The van der Waals surface area contributed by atoms with Crippen molar-refractivity contribution in [2.45, 2.75) is 51.0 Å². The number of aromatic hydroxyl groups is 2. The zero-order valence-electron chi connectivity index (χ0n) is 33.7. The van der Waals surface area contributed by atoms with Gasteiger partial charge in [0.1, 0.15) is 11.6 Å². The van der Waals surface area contributed by atoms with Gasteiger partial charge in [-0.15, -0.1) is 0 Å². The Kier molecular flexibility index (Phi) is 12.0. The maximum atomic E-state index is 13.5. The van der Waals surface area contributed by atoms with Crippen LogP contribution in [0.25, 0.3) is 0 Å². The second-order valence-electron chi connectivity index (χ2n) is 16.0. The van der Waals surface area contributed by atoms with Crippen LogP contribution >= 0.6 is 0 Å². The van der Waals surface area contributed by atoms with Crippen molar-refractivity contribution in [1.82, 2.24) is 5.32 Å². The molecule has 17 nitrogen and oxygen atoms in total. The molecule has 17 heteroatoms. The molecule has 4 fully saturated rings. The molecule has 4 bridgehead atoms. The summed E-state index contributed by atoms with van der Waals surface area (Å²) in [7, 11) is 2.37. The van der Waals surface area contributed by atoms with Crippen LogP contribution in [0.4, 0.5) is 22.7 Å². The van der Waals surface area contributed by atoms with Gasteiger partial charge in [0.15, 0.2) is 23.0 Å². The molecule has 0 aromatic heterocycles. The normalized spacial score (nSPS) is 19.9. The first kappa shape index (κ1) is 42.5. The Bertz CT molecular complexity index is 2460. The van der Waals surface area contributed by atoms with E-state index in [0.717, 1.165) is 25.3 Å². The number of nitrogens with zero attached hydrogens (tertiary/aromatic N) is 1. The molecule has 4 aliphatic carbocycles. The molecule has 0 spiro atoms. The van der Waals surface area contributed by atoms with Gasteiger partial charge in [-0.05, 0) is 129 Å². The molecular formula is C45H44N6O11. The minimum absolute atomic E-state index is 0.00281. The number of phenols is 2. The molecule has 0 saturated heterocycles. The van der Waals surface area contributed by atoms with Crippen molar-refractivity contribution in [3.8, 4) is 29.1 Å². The fourth-order valence-corrected chi connectivity index (χ4v) is 9.33. The lowest BCUT2D eigenvalue weighted by Gasteiger charge is -2.55. The molecule has 62 heavy (non-hydrogen) atoms. The smallest absolute Gasteiger partial charge is 0.339 e. The zero-order chi connectivity index (χ0) is 44.3. The van der Waals surface area contributed by atoms with E-state index >= 15 is 0 Å². The van der Waals surface area contributed by atoms with E-state index < -0.39 is 52.7 Å². The van der Waals surface area contributed by atoms with Crippen LogP contribution in [0.15, 0.2) is 72.8 Å². The highest BCUT2D eigenvalue weighted by Gasteiger charge is 2.54.